The number of benzene rings is 1. The Morgan fingerprint density at radius 1 is 1.45 bits per heavy atom. The largest absolute Gasteiger partial charge is 0.493 e. The molecule has 108 valence electrons. The van der Waals surface area contributed by atoms with Crippen LogP contribution in [-0.2, 0) is 6.54 Å². The molecule has 1 heterocycles. The predicted molar refractivity (Wildman–Crippen MR) is 81.3 cm³/mol. The molecule has 0 radical (unpaired) electrons. The van der Waals surface area contributed by atoms with Crippen LogP contribution >= 0.6 is 11.6 Å². The number of aromatic nitrogens is 2. The maximum atomic E-state index is 6.40. The fraction of sp³-hybridized carbons (Fsp3) is 0.400. The van der Waals surface area contributed by atoms with Crippen molar-refractivity contribution in [3.8, 4) is 5.75 Å². The zero-order valence-electron chi connectivity index (χ0n) is 12.1. The van der Waals surface area contributed by atoms with E-state index in [0.29, 0.717) is 0 Å². The van der Waals surface area contributed by atoms with Crippen molar-refractivity contribution in [1.29, 1.82) is 0 Å². The van der Waals surface area contributed by atoms with Gasteiger partial charge in [-0.3, -0.25) is 4.68 Å². The summed E-state index contributed by atoms with van der Waals surface area (Å²) in [7, 11) is 1.64. The lowest BCUT2D eigenvalue weighted by molar-refractivity contribution is 0.404. The van der Waals surface area contributed by atoms with Crippen LogP contribution in [-0.4, -0.2) is 16.9 Å². The number of hydrogen-bond acceptors (Lipinski definition) is 3. The average molecular weight is 294 g/mol. The van der Waals surface area contributed by atoms with Crippen LogP contribution in [0.1, 0.15) is 36.2 Å². The maximum absolute atomic E-state index is 6.40. The van der Waals surface area contributed by atoms with E-state index in [0.717, 1.165) is 40.6 Å². The van der Waals surface area contributed by atoms with Crippen LogP contribution in [0.25, 0.3) is 0 Å². The van der Waals surface area contributed by atoms with Crippen LogP contribution in [0.3, 0.4) is 0 Å². The van der Waals surface area contributed by atoms with Crippen molar-refractivity contribution in [3.63, 3.8) is 0 Å². The van der Waals surface area contributed by atoms with Gasteiger partial charge in [0.05, 0.1) is 19.3 Å². The van der Waals surface area contributed by atoms with Gasteiger partial charge in [-0.05, 0) is 30.5 Å². The first-order valence-electron chi connectivity index (χ1n) is 6.69. The van der Waals surface area contributed by atoms with E-state index >= 15 is 0 Å². The molecule has 0 aliphatic carbocycles. The molecule has 0 saturated carbocycles. The second-order valence-corrected chi connectivity index (χ2v) is 5.21. The summed E-state index contributed by atoms with van der Waals surface area (Å²) in [6.45, 7) is 4.90. The summed E-state index contributed by atoms with van der Waals surface area (Å²) < 4.78 is 7.29. The summed E-state index contributed by atoms with van der Waals surface area (Å²) in [5, 5.41) is 5.09. The van der Waals surface area contributed by atoms with Crippen molar-refractivity contribution >= 4 is 11.6 Å². The van der Waals surface area contributed by atoms with E-state index < -0.39 is 0 Å². The topological polar surface area (TPSA) is 53.1 Å². The summed E-state index contributed by atoms with van der Waals surface area (Å²) in [4.78, 5) is 0. The number of nitrogens with zero attached hydrogens (tertiary/aromatic N) is 2. The van der Waals surface area contributed by atoms with Crippen LogP contribution in [0.2, 0.25) is 5.02 Å². The highest BCUT2D eigenvalue weighted by Gasteiger charge is 2.20. The number of rotatable bonds is 5. The third kappa shape index (κ3) is 2.81. The van der Waals surface area contributed by atoms with Crippen molar-refractivity contribution < 1.29 is 4.74 Å². The Hall–Kier alpha value is -1.52. The monoisotopic (exact) mass is 293 g/mol. The number of ether oxygens (including phenoxy) is 1. The standard InChI is InChI=1S/C15H20ClN3O/c1-4-7-19-15(13(20-3)9-18-19)14(17)11-5-6-12(16)10(2)8-11/h5-6,8-9,14H,4,7,17H2,1-3H3. The van der Waals surface area contributed by atoms with Crippen molar-refractivity contribution in [1.82, 2.24) is 9.78 Å². The predicted octanol–water partition coefficient (Wildman–Crippen LogP) is 3.31. The highest BCUT2D eigenvalue weighted by molar-refractivity contribution is 6.31. The van der Waals surface area contributed by atoms with Crippen molar-refractivity contribution in [2.24, 2.45) is 5.73 Å². The summed E-state index contributed by atoms with van der Waals surface area (Å²) in [5.74, 6) is 0.721. The number of nitrogens with two attached hydrogens (primary N) is 1. The molecule has 4 nitrogen and oxygen atoms in total. The first-order valence-corrected chi connectivity index (χ1v) is 7.07. The van der Waals surface area contributed by atoms with Gasteiger partial charge in [0.15, 0.2) is 5.75 Å². The SMILES string of the molecule is CCCn1ncc(OC)c1C(N)c1ccc(Cl)c(C)c1. The molecule has 0 saturated heterocycles. The molecule has 2 rings (SSSR count). The van der Waals surface area contributed by atoms with Gasteiger partial charge < -0.3 is 10.5 Å². The number of aryl methyl sites for hydroxylation is 2. The summed E-state index contributed by atoms with van der Waals surface area (Å²) in [5.41, 5.74) is 9.32. The van der Waals surface area contributed by atoms with Gasteiger partial charge >= 0.3 is 0 Å². The molecule has 0 spiro atoms. The van der Waals surface area contributed by atoms with Crippen LogP contribution in [0.15, 0.2) is 24.4 Å². The lowest BCUT2D eigenvalue weighted by Gasteiger charge is -2.17. The van der Waals surface area contributed by atoms with Crippen molar-refractivity contribution in [2.45, 2.75) is 32.9 Å². The Morgan fingerprint density at radius 3 is 2.80 bits per heavy atom. The van der Waals surface area contributed by atoms with Gasteiger partial charge in [0, 0.05) is 11.6 Å². The van der Waals surface area contributed by atoms with Gasteiger partial charge in [-0.15, -0.1) is 0 Å². The van der Waals surface area contributed by atoms with Crippen LogP contribution in [0.5, 0.6) is 5.75 Å². The highest BCUT2D eigenvalue weighted by Crippen LogP contribution is 2.30. The van der Waals surface area contributed by atoms with Gasteiger partial charge in [-0.25, -0.2) is 0 Å². The van der Waals surface area contributed by atoms with E-state index in [2.05, 4.69) is 12.0 Å². The van der Waals surface area contributed by atoms with Crippen molar-refractivity contribution in [2.75, 3.05) is 7.11 Å². The molecule has 1 aromatic heterocycles. The van der Waals surface area contributed by atoms with E-state index in [1.54, 1.807) is 13.3 Å². The lowest BCUT2D eigenvalue weighted by atomic mass is 10.0. The van der Waals surface area contributed by atoms with Crippen molar-refractivity contribution in [3.05, 3.63) is 46.2 Å². The van der Waals surface area contributed by atoms with Gasteiger partial charge in [0.2, 0.25) is 0 Å². The van der Waals surface area contributed by atoms with E-state index in [4.69, 9.17) is 22.1 Å². The van der Waals surface area contributed by atoms with Gasteiger partial charge in [0.25, 0.3) is 0 Å². The lowest BCUT2D eigenvalue weighted by Crippen LogP contribution is -2.18. The Labute approximate surface area is 124 Å². The molecule has 20 heavy (non-hydrogen) atoms. The smallest absolute Gasteiger partial charge is 0.161 e. The molecule has 0 aliphatic heterocycles. The Bertz CT molecular complexity index is 595. The minimum absolute atomic E-state index is 0.282. The molecule has 1 aromatic carbocycles. The molecule has 5 heteroatoms. The van der Waals surface area contributed by atoms with E-state index in [-0.39, 0.29) is 6.04 Å². The van der Waals surface area contributed by atoms with Gasteiger partial charge in [-0.1, -0.05) is 30.7 Å². The van der Waals surface area contributed by atoms with Crippen LogP contribution < -0.4 is 10.5 Å². The molecule has 2 N–H and O–H groups in total. The highest BCUT2D eigenvalue weighted by atomic mass is 35.5. The maximum Gasteiger partial charge on any atom is 0.161 e. The average Bonchev–Trinajstić information content (AvgIpc) is 2.84. The number of halogens is 1. The minimum atomic E-state index is -0.282. The number of methoxy groups -OCH3 is 1. The van der Waals surface area contributed by atoms with E-state index in [9.17, 15) is 0 Å². The number of hydrogen-bond donors (Lipinski definition) is 1. The molecule has 2 aromatic rings. The van der Waals surface area contributed by atoms with Crippen LogP contribution in [0, 0.1) is 6.92 Å². The third-order valence-electron chi connectivity index (χ3n) is 3.34. The fourth-order valence-electron chi connectivity index (χ4n) is 2.26. The molecule has 0 fully saturated rings. The fourth-order valence-corrected chi connectivity index (χ4v) is 2.38. The summed E-state index contributed by atoms with van der Waals surface area (Å²) >= 11 is 6.07. The molecular formula is C15H20ClN3O. The molecule has 0 bridgehead atoms. The molecule has 1 unspecified atom stereocenters. The first-order chi connectivity index (χ1) is 9.58. The van der Waals surface area contributed by atoms with E-state index in [1.165, 1.54) is 0 Å². The zero-order valence-corrected chi connectivity index (χ0v) is 12.8. The van der Waals surface area contributed by atoms with Crippen LogP contribution in [0.4, 0.5) is 0 Å². The Kier molecular flexibility index (Phi) is 4.68. The first kappa shape index (κ1) is 14.9. The molecule has 0 aliphatic rings. The van der Waals surface area contributed by atoms with Gasteiger partial charge in [-0.2, -0.15) is 5.10 Å². The van der Waals surface area contributed by atoms with E-state index in [1.807, 2.05) is 29.8 Å². The second kappa shape index (κ2) is 6.29. The Balaban J connectivity index is 2.43. The zero-order chi connectivity index (χ0) is 14.7. The molecular weight excluding hydrogens is 274 g/mol. The van der Waals surface area contributed by atoms with Gasteiger partial charge in [0.1, 0.15) is 5.69 Å². The molecule has 0 amide bonds. The minimum Gasteiger partial charge on any atom is -0.493 e. The second-order valence-electron chi connectivity index (χ2n) is 4.81. The molecule has 1 atom stereocenters. The summed E-state index contributed by atoms with van der Waals surface area (Å²) in [6.07, 6.45) is 2.71. The Morgan fingerprint density at radius 2 is 2.20 bits per heavy atom. The third-order valence-corrected chi connectivity index (χ3v) is 3.76. The summed E-state index contributed by atoms with van der Waals surface area (Å²) in [6, 6.07) is 5.55. The quantitative estimate of drug-likeness (QED) is 0.920. The normalized spacial score (nSPS) is 12.4.